The number of non-ortho nitro benzene ring substituents is 1. The number of amides is 1. The smallest absolute Gasteiger partial charge is 0.269 e. The lowest BCUT2D eigenvalue weighted by Crippen LogP contribution is -2.33. The molecule has 2 aromatic rings. The van der Waals surface area contributed by atoms with Crippen molar-refractivity contribution < 1.29 is 14.5 Å². The van der Waals surface area contributed by atoms with E-state index in [0.717, 1.165) is 18.4 Å². The zero-order valence-corrected chi connectivity index (χ0v) is 12.3. The van der Waals surface area contributed by atoms with Gasteiger partial charge in [0.25, 0.3) is 11.6 Å². The minimum atomic E-state index is -0.779. The number of carbonyl (C=O) groups is 1. The second-order valence-electron chi connectivity index (χ2n) is 5.44. The maximum atomic E-state index is 12.4. The highest BCUT2D eigenvalue weighted by atomic mass is 16.6. The van der Waals surface area contributed by atoms with Crippen molar-refractivity contribution in [1.29, 1.82) is 0 Å². The predicted octanol–water partition coefficient (Wildman–Crippen LogP) is 2.99. The second-order valence-corrected chi connectivity index (χ2v) is 5.44. The number of hydrogen-bond acceptors (Lipinski definition) is 4. The van der Waals surface area contributed by atoms with Crippen molar-refractivity contribution >= 4 is 11.6 Å². The Morgan fingerprint density at radius 2 is 1.78 bits per heavy atom. The molecule has 3 rings (SSSR count). The van der Waals surface area contributed by atoms with E-state index in [0.29, 0.717) is 5.75 Å². The summed E-state index contributed by atoms with van der Waals surface area (Å²) in [5.74, 6) is 0.215. The van der Waals surface area contributed by atoms with Gasteiger partial charge in [-0.1, -0.05) is 30.3 Å². The maximum Gasteiger partial charge on any atom is 0.269 e. The number of nitrogens with zero attached hydrogens (tertiary/aromatic N) is 1. The number of rotatable bonds is 6. The Kier molecular flexibility index (Phi) is 4.23. The highest BCUT2D eigenvalue weighted by Gasteiger charge is 2.29. The molecule has 0 bridgehead atoms. The summed E-state index contributed by atoms with van der Waals surface area (Å²) in [4.78, 5) is 22.6. The first-order valence-corrected chi connectivity index (χ1v) is 7.40. The van der Waals surface area contributed by atoms with E-state index >= 15 is 0 Å². The monoisotopic (exact) mass is 312 g/mol. The van der Waals surface area contributed by atoms with Crippen LogP contribution in [0.1, 0.15) is 24.5 Å². The molecule has 1 amide bonds. The summed E-state index contributed by atoms with van der Waals surface area (Å²) in [6.07, 6.45) is 1.20. The average Bonchev–Trinajstić information content (AvgIpc) is 3.37. The molecule has 0 saturated heterocycles. The third-order valence-corrected chi connectivity index (χ3v) is 3.57. The van der Waals surface area contributed by atoms with E-state index in [1.54, 1.807) is 0 Å². The zero-order valence-electron chi connectivity index (χ0n) is 12.3. The van der Waals surface area contributed by atoms with Gasteiger partial charge in [-0.3, -0.25) is 14.9 Å². The second kappa shape index (κ2) is 6.48. The fourth-order valence-electron chi connectivity index (χ4n) is 2.19. The molecule has 1 aliphatic carbocycles. The number of nitrogens with one attached hydrogen (secondary N) is 1. The summed E-state index contributed by atoms with van der Waals surface area (Å²) >= 11 is 0. The van der Waals surface area contributed by atoms with Gasteiger partial charge in [0.15, 0.2) is 0 Å². The molecule has 2 aromatic carbocycles. The maximum absolute atomic E-state index is 12.4. The summed E-state index contributed by atoms with van der Waals surface area (Å²) in [6.45, 7) is 0. The molecule has 0 aromatic heterocycles. The van der Waals surface area contributed by atoms with Gasteiger partial charge in [-0.05, 0) is 25.0 Å². The van der Waals surface area contributed by atoms with Crippen LogP contribution >= 0.6 is 0 Å². The van der Waals surface area contributed by atoms with Crippen LogP contribution in [0.4, 0.5) is 5.69 Å². The van der Waals surface area contributed by atoms with E-state index in [4.69, 9.17) is 4.74 Å². The van der Waals surface area contributed by atoms with Crippen molar-refractivity contribution in [3.63, 3.8) is 0 Å². The normalized spacial score (nSPS) is 14.8. The van der Waals surface area contributed by atoms with Crippen LogP contribution in [0.15, 0.2) is 54.6 Å². The van der Waals surface area contributed by atoms with Gasteiger partial charge in [0, 0.05) is 23.7 Å². The van der Waals surface area contributed by atoms with Crippen molar-refractivity contribution in [3.05, 3.63) is 70.3 Å². The molecule has 1 aliphatic rings. The Balaban J connectivity index is 1.80. The number of ether oxygens (including phenoxy) is 1. The van der Waals surface area contributed by atoms with E-state index in [-0.39, 0.29) is 17.6 Å². The van der Waals surface area contributed by atoms with Crippen molar-refractivity contribution in [1.82, 2.24) is 5.32 Å². The third kappa shape index (κ3) is 3.85. The van der Waals surface area contributed by atoms with Gasteiger partial charge < -0.3 is 10.1 Å². The van der Waals surface area contributed by atoms with Crippen LogP contribution in [0.5, 0.6) is 5.75 Å². The van der Waals surface area contributed by atoms with Gasteiger partial charge in [-0.25, -0.2) is 0 Å². The lowest BCUT2D eigenvalue weighted by atomic mass is 10.1. The van der Waals surface area contributed by atoms with Gasteiger partial charge in [0.1, 0.15) is 5.75 Å². The topological polar surface area (TPSA) is 81.5 Å². The van der Waals surface area contributed by atoms with Crippen molar-refractivity contribution in [3.8, 4) is 5.75 Å². The first kappa shape index (κ1) is 15.0. The van der Waals surface area contributed by atoms with Crippen molar-refractivity contribution in [2.24, 2.45) is 0 Å². The molecule has 1 saturated carbocycles. The fraction of sp³-hybridized carbons (Fsp3) is 0.235. The van der Waals surface area contributed by atoms with Crippen LogP contribution in [0.3, 0.4) is 0 Å². The SMILES string of the molecule is O=C(NC1CC1)[C@H](Oc1ccc([N+](=O)[O-])cc1)c1ccccc1. The molecule has 1 fully saturated rings. The molecule has 1 N–H and O–H groups in total. The van der Waals surface area contributed by atoms with Crippen LogP contribution in [0, 0.1) is 10.1 Å². The minimum Gasteiger partial charge on any atom is -0.476 e. The van der Waals surface area contributed by atoms with E-state index < -0.39 is 11.0 Å². The van der Waals surface area contributed by atoms with Gasteiger partial charge in [0.05, 0.1) is 4.92 Å². The number of nitro groups is 1. The Hall–Kier alpha value is -2.89. The van der Waals surface area contributed by atoms with Crippen LogP contribution in [0.25, 0.3) is 0 Å². The van der Waals surface area contributed by atoms with Gasteiger partial charge in [-0.15, -0.1) is 0 Å². The number of carbonyl (C=O) groups excluding carboxylic acids is 1. The summed E-state index contributed by atoms with van der Waals surface area (Å²) < 4.78 is 5.79. The highest BCUT2D eigenvalue weighted by Crippen LogP contribution is 2.26. The van der Waals surface area contributed by atoms with Crippen LogP contribution in [-0.4, -0.2) is 16.9 Å². The molecule has 0 heterocycles. The third-order valence-electron chi connectivity index (χ3n) is 3.57. The summed E-state index contributed by atoms with van der Waals surface area (Å²) in [6, 6.07) is 15.1. The number of hydrogen-bond donors (Lipinski definition) is 1. The Labute approximate surface area is 133 Å². The minimum absolute atomic E-state index is 0.0176. The molecule has 23 heavy (non-hydrogen) atoms. The Morgan fingerprint density at radius 3 is 2.35 bits per heavy atom. The van der Waals surface area contributed by atoms with Crippen LogP contribution in [0.2, 0.25) is 0 Å². The first-order chi connectivity index (χ1) is 11.1. The number of nitro benzene ring substituents is 1. The molecule has 0 aliphatic heterocycles. The van der Waals surface area contributed by atoms with E-state index in [2.05, 4.69) is 5.32 Å². The molecular weight excluding hydrogens is 296 g/mol. The van der Waals surface area contributed by atoms with Gasteiger partial charge in [-0.2, -0.15) is 0 Å². The standard InChI is InChI=1S/C17H16N2O4/c20-17(18-13-6-7-13)16(12-4-2-1-3-5-12)23-15-10-8-14(9-11-15)19(21)22/h1-5,8-11,13,16H,6-7H2,(H,18,20)/t16-/m1/s1. The fourth-order valence-corrected chi connectivity index (χ4v) is 2.19. The Morgan fingerprint density at radius 1 is 1.13 bits per heavy atom. The summed E-state index contributed by atoms with van der Waals surface area (Å²) in [7, 11) is 0. The lowest BCUT2D eigenvalue weighted by molar-refractivity contribution is -0.384. The lowest BCUT2D eigenvalue weighted by Gasteiger charge is -2.19. The highest BCUT2D eigenvalue weighted by molar-refractivity contribution is 5.83. The van der Waals surface area contributed by atoms with Crippen LogP contribution < -0.4 is 10.1 Å². The van der Waals surface area contributed by atoms with E-state index in [9.17, 15) is 14.9 Å². The average molecular weight is 312 g/mol. The quantitative estimate of drug-likeness (QED) is 0.656. The predicted molar refractivity (Wildman–Crippen MR) is 84.1 cm³/mol. The molecular formula is C17H16N2O4. The summed E-state index contributed by atoms with van der Waals surface area (Å²) in [5, 5.41) is 13.6. The summed E-state index contributed by atoms with van der Waals surface area (Å²) in [5.41, 5.74) is 0.722. The first-order valence-electron chi connectivity index (χ1n) is 7.40. The molecule has 0 radical (unpaired) electrons. The van der Waals surface area contributed by atoms with Gasteiger partial charge >= 0.3 is 0 Å². The van der Waals surface area contributed by atoms with Gasteiger partial charge in [0.2, 0.25) is 6.10 Å². The Bertz CT molecular complexity index is 696. The molecule has 6 nitrogen and oxygen atoms in total. The van der Waals surface area contributed by atoms with Crippen molar-refractivity contribution in [2.45, 2.75) is 25.0 Å². The number of benzene rings is 2. The zero-order chi connectivity index (χ0) is 16.2. The largest absolute Gasteiger partial charge is 0.476 e. The molecule has 1 atom stereocenters. The van der Waals surface area contributed by atoms with E-state index in [1.165, 1.54) is 24.3 Å². The molecule has 0 unspecified atom stereocenters. The molecule has 6 heteroatoms. The van der Waals surface area contributed by atoms with Crippen molar-refractivity contribution in [2.75, 3.05) is 0 Å². The molecule has 0 spiro atoms. The molecule has 118 valence electrons. The van der Waals surface area contributed by atoms with Crippen LogP contribution in [-0.2, 0) is 4.79 Å². The van der Waals surface area contributed by atoms with E-state index in [1.807, 2.05) is 30.3 Å².